The highest BCUT2D eigenvalue weighted by atomic mass is 16.5. The third-order valence-electron chi connectivity index (χ3n) is 6.86. The van der Waals surface area contributed by atoms with E-state index in [1.165, 1.54) is 12.1 Å². The number of carboxylic acids is 1. The molecule has 10 nitrogen and oxygen atoms in total. The second kappa shape index (κ2) is 11.9. The molecule has 1 atom stereocenters. The molecule has 1 aliphatic heterocycles. The maximum Gasteiger partial charge on any atom is 0.452 e. The molecule has 34 heavy (non-hydrogen) atoms. The number of likely N-dealkylation sites (tertiary alicyclic amines) is 1. The van der Waals surface area contributed by atoms with Gasteiger partial charge in [-0.2, -0.15) is 0 Å². The third-order valence-corrected chi connectivity index (χ3v) is 6.86. The van der Waals surface area contributed by atoms with Gasteiger partial charge in [-0.1, -0.05) is 13.0 Å². The van der Waals surface area contributed by atoms with Gasteiger partial charge in [-0.05, 0) is 55.5 Å². The summed E-state index contributed by atoms with van der Waals surface area (Å²) in [5, 5.41) is 41.9. The van der Waals surface area contributed by atoms with Crippen LogP contribution < -0.4 is 15.8 Å². The Balaban J connectivity index is 1.51. The molecule has 2 aliphatic rings. The molecule has 1 aliphatic carbocycles. The molecule has 11 heteroatoms. The largest absolute Gasteiger partial charge is 0.507 e. The van der Waals surface area contributed by atoms with E-state index in [4.69, 9.17) is 10.5 Å². The van der Waals surface area contributed by atoms with Crippen LogP contribution in [-0.4, -0.2) is 82.5 Å². The highest BCUT2D eigenvalue weighted by molar-refractivity contribution is 6.41. The highest BCUT2D eigenvalue weighted by Gasteiger charge is 2.35. The molecule has 1 saturated carbocycles. The Kier molecular flexibility index (Phi) is 9.18. The van der Waals surface area contributed by atoms with Gasteiger partial charge in [-0.25, -0.2) is 4.79 Å². The van der Waals surface area contributed by atoms with Crippen molar-refractivity contribution in [1.29, 1.82) is 0 Å². The summed E-state index contributed by atoms with van der Waals surface area (Å²) in [5.74, 6) is -1.74. The van der Waals surface area contributed by atoms with Gasteiger partial charge < -0.3 is 40.9 Å². The van der Waals surface area contributed by atoms with E-state index < -0.39 is 24.8 Å². The Morgan fingerprint density at radius 3 is 2.50 bits per heavy atom. The average molecular weight is 477 g/mol. The molecule has 0 unspecified atom stereocenters. The number of ether oxygens (including phenoxy) is 1. The number of nitrogens with two attached hydrogens (primary N) is 1. The predicted octanol–water partition coefficient (Wildman–Crippen LogP) is 0.754. The smallest absolute Gasteiger partial charge is 0.452 e. The Morgan fingerprint density at radius 2 is 1.91 bits per heavy atom. The number of rotatable bonds is 11. The number of carbonyl (C=O) groups excluding carboxylic acids is 1. The van der Waals surface area contributed by atoms with Gasteiger partial charge in [0.2, 0.25) is 5.91 Å². The van der Waals surface area contributed by atoms with Crippen LogP contribution in [0.3, 0.4) is 0 Å². The van der Waals surface area contributed by atoms with Crippen molar-refractivity contribution < 1.29 is 34.6 Å². The summed E-state index contributed by atoms with van der Waals surface area (Å²) in [7, 11) is -1.57. The Hall–Kier alpha value is -2.34. The fourth-order valence-corrected chi connectivity index (χ4v) is 4.86. The van der Waals surface area contributed by atoms with Crippen LogP contribution in [0.5, 0.6) is 11.5 Å². The van der Waals surface area contributed by atoms with Crippen LogP contribution in [0.1, 0.15) is 60.9 Å². The molecular formula is C23H36BN3O7. The number of hydrogen-bond acceptors (Lipinski definition) is 8. The minimum absolute atomic E-state index is 0.0332. The zero-order valence-electron chi connectivity index (χ0n) is 19.7. The first-order valence-electron chi connectivity index (χ1n) is 12.0. The zero-order valence-corrected chi connectivity index (χ0v) is 19.7. The summed E-state index contributed by atoms with van der Waals surface area (Å²) in [6.07, 6.45) is 4.26. The number of aromatic carboxylic acids is 1. The van der Waals surface area contributed by atoms with Gasteiger partial charge in [0.25, 0.3) is 0 Å². The number of nitrogens with zero attached hydrogens (tertiary/aromatic N) is 1. The Morgan fingerprint density at radius 1 is 1.24 bits per heavy atom. The minimum atomic E-state index is -1.57. The number of benzene rings is 1. The first kappa shape index (κ1) is 26.3. The van der Waals surface area contributed by atoms with E-state index in [0.29, 0.717) is 43.6 Å². The van der Waals surface area contributed by atoms with E-state index in [9.17, 15) is 29.9 Å². The molecule has 0 bridgehead atoms. The predicted molar refractivity (Wildman–Crippen MR) is 127 cm³/mol. The molecule has 1 saturated heterocycles. The van der Waals surface area contributed by atoms with Gasteiger partial charge in [0.15, 0.2) is 0 Å². The summed E-state index contributed by atoms with van der Waals surface area (Å²) in [4.78, 5) is 26.2. The van der Waals surface area contributed by atoms with Crippen molar-refractivity contribution in [2.45, 2.75) is 63.4 Å². The van der Waals surface area contributed by atoms with Gasteiger partial charge in [0, 0.05) is 25.6 Å². The van der Waals surface area contributed by atoms with Gasteiger partial charge >= 0.3 is 13.1 Å². The quantitative estimate of drug-likeness (QED) is 0.252. The second-order valence-electron chi connectivity index (χ2n) is 9.50. The molecule has 0 aromatic heterocycles. The molecule has 1 heterocycles. The van der Waals surface area contributed by atoms with Crippen LogP contribution in [0, 0.1) is 5.92 Å². The van der Waals surface area contributed by atoms with E-state index in [2.05, 4.69) is 5.32 Å². The molecule has 1 aromatic rings. The SMILES string of the molecule is C[C@@H](CB(O)O)c1ccc(OC2CN(C(=O)C[C@H]3CC[C@@H](NCCN)CC3)C2)c(C(=O)O)c1O. The lowest BCUT2D eigenvalue weighted by molar-refractivity contribution is -0.141. The van der Waals surface area contributed by atoms with Crippen molar-refractivity contribution in [3.8, 4) is 11.5 Å². The summed E-state index contributed by atoms with van der Waals surface area (Å²) in [6.45, 7) is 3.86. The maximum absolute atomic E-state index is 12.6. The van der Waals surface area contributed by atoms with Crippen molar-refractivity contribution in [3.05, 3.63) is 23.3 Å². The molecule has 0 radical (unpaired) electrons. The first-order chi connectivity index (χ1) is 16.2. The zero-order chi connectivity index (χ0) is 24.8. The number of hydrogen-bond donors (Lipinski definition) is 6. The lowest BCUT2D eigenvalue weighted by Gasteiger charge is -2.40. The number of phenols is 1. The van der Waals surface area contributed by atoms with Crippen LogP contribution in [0.25, 0.3) is 0 Å². The molecule has 0 spiro atoms. The molecular weight excluding hydrogens is 441 g/mol. The van der Waals surface area contributed by atoms with Gasteiger partial charge in [0.1, 0.15) is 23.2 Å². The van der Waals surface area contributed by atoms with Gasteiger partial charge in [0.05, 0.1) is 13.1 Å². The summed E-state index contributed by atoms with van der Waals surface area (Å²) in [5.41, 5.74) is 5.48. The average Bonchev–Trinajstić information content (AvgIpc) is 2.74. The molecule has 1 aromatic carbocycles. The topological polar surface area (TPSA) is 166 Å². The first-order valence-corrected chi connectivity index (χ1v) is 12.0. The van der Waals surface area contributed by atoms with Crippen LogP contribution in [0.15, 0.2) is 12.1 Å². The summed E-state index contributed by atoms with van der Waals surface area (Å²) in [6, 6.07) is 3.49. The lowest BCUT2D eigenvalue weighted by Crippen LogP contribution is -2.56. The third kappa shape index (κ3) is 6.62. The Bertz CT molecular complexity index is 855. The number of nitrogens with one attached hydrogen (secondary N) is 1. The summed E-state index contributed by atoms with van der Waals surface area (Å²) < 4.78 is 5.81. The van der Waals surface area contributed by atoms with Gasteiger partial charge in [-0.15, -0.1) is 0 Å². The standard InChI is InChI=1S/C23H36BN3O7/c1-14(11-24(32)33)18-6-7-19(21(22(18)29)23(30)31)34-17-12-27(13-17)20(28)10-15-2-4-16(5-3-15)26-9-8-25/h6-7,14-17,26,29,32-33H,2-5,8-13,25H2,1H3,(H,30,31)/t14-,15-,16+/m0/s1. The van der Waals surface area contributed by atoms with E-state index in [1.54, 1.807) is 11.8 Å². The van der Waals surface area contributed by atoms with Crippen molar-refractivity contribution in [3.63, 3.8) is 0 Å². The Labute approximate surface area is 200 Å². The molecule has 188 valence electrons. The van der Waals surface area contributed by atoms with Crippen molar-refractivity contribution >= 4 is 19.0 Å². The fourth-order valence-electron chi connectivity index (χ4n) is 4.86. The molecule has 3 rings (SSSR count). The van der Waals surface area contributed by atoms with Crippen LogP contribution in [-0.2, 0) is 4.79 Å². The van der Waals surface area contributed by atoms with Crippen LogP contribution >= 0.6 is 0 Å². The van der Waals surface area contributed by atoms with E-state index in [0.717, 1.165) is 32.2 Å². The normalized spacial score (nSPS) is 21.6. The molecule has 2 fully saturated rings. The van der Waals surface area contributed by atoms with Crippen LogP contribution in [0.2, 0.25) is 6.32 Å². The summed E-state index contributed by atoms with van der Waals surface area (Å²) >= 11 is 0. The van der Waals surface area contributed by atoms with E-state index in [-0.39, 0.29) is 29.6 Å². The number of amides is 1. The number of carboxylic acid groups (broad SMARTS) is 1. The lowest BCUT2D eigenvalue weighted by atomic mass is 9.76. The minimum Gasteiger partial charge on any atom is -0.507 e. The van der Waals surface area contributed by atoms with Crippen molar-refractivity contribution in [1.82, 2.24) is 10.2 Å². The maximum atomic E-state index is 12.6. The number of aromatic hydroxyl groups is 1. The monoisotopic (exact) mass is 477 g/mol. The molecule has 1 amide bonds. The van der Waals surface area contributed by atoms with E-state index >= 15 is 0 Å². The number of carbonyl (C=O) groups is 2. The van der Waals surface area contributed by atoms with Gasteiger partial charge in [-0.3, -0.25) is 4.79 Å². The van der Waals surface area contributed by atoms with Crippen molar-refractivity contribution in [2.24, 2.45) is 11.7 Å². The fraction of sp³-hybridized carbons (Fsp3) is 0.652. The van der Waals surface area contributed by atoms with E-state index in [1.807, 2.05) is 0 Å². The highest BCUT2D eigenvalue weighted by Crippen LogP contribution is 2.38. The van der Waals surface area contributed by atoms with Crippen LogP contribution in [0.4, 0.5) is 0 Å². The van der Waals surface area contributed by atoms with Crippen molar-refractivity contribution in [2.75, 3.05) is 26.2 Å². The second-order valence-corrected chi connectivity index (χ2v) is 9.50. The molecule has 7 N–H and O–H groups in total.